The van der Waals surface area contributed by atoms with Gasteiger partial charge in [-0.1, -0.05) is 17.7 Å². The fourth-order valence-electron chi connectivity index (χ4n) is 1.45. The molecule has 0 aliphatic heterocycles. The third kappa shape index (κ3) is 2.91. The molecule has 2 rings (SSSR count). The van der Waals surface area contributed by atoms with Gasteiger partial charge in [0.1, 0.15) is 5.75 Å². The Morgan fingerprint density at radius 3 is 2.59 bits per heavy atom. The lowest BCUT2D eigenvalue weighted by molar-refractivity contribution is 0.474. The molecule has 0 bridgehead atoms. The zero-order chi connectivity index (χ0) is 12.3. The summed E-state index contributed by atoms with van der Waals surface area (Å²) in [5.74, 6) is 0.864. The second-order valence-corrected chi connectivity index (χ2v) is 4.01. The summed E-state index contributed by atoms with van der Waals surface area (Å²) in [6, 6.07) is 9.21. The molecule has 3 heteroatoms. The molecular weight excluding hydrogens is 212 g/mol. The number of aromatic nitrogens is 1. The van der Waals surface area contributed by atoms with E-state index in [0.29, 0.717) is 11.4 Å². The van der Waals surface area contributed by atoms with Crippen molar-refractivity contribution in [3.63, 3.8) is 0 Å². The topological polar surface area (TPSA) is 45.5 Å². The highest BCUT2D eigenvalue weighted by Crippen LogP contribution is 2.17. The van der Waals surface area contributed by atoms with Crippen molar-refractivity contribution >= 4 is 12.0 Å². The lowest BCUT2D eigenvalue weighted by atomic mass is 10.1. The van der Waals surface area contributed by atoms with E-state index in [1.165, 1.54) is 0 Å². The second kappa shape index (κ2) is 4.78. The Morgan fingerprint density at radius 1 is 1.12 bits per heavy atom. The van der Waals surface area contributed by atoms with E-state index in [1.54, 1.807) is 18.5 Å². The lowest BCUT2D eigenvalue weighted by Crippen LogP contribution is -1.84. The van der Waals surface area contributed by atoms with Crippen LogP contribution in [0.2, 0.25) is 0 Å². The van der Waals surface area contributed by atoms with Gasteiger partial charge >= 0.3 is 0 Å². The van der Waals surface area contributed by atoms with E-state index in [2.05, 4.69) is 9.98 Å². The molecule has 1 aromatic heterocycles. The highest BCUT2D eigenvalue weighted by molar-refractivity contribution is 5.85. The van der Waals surface area contributed by atoms with Gasteiger partial charge in [0.15, 0.2) is 5.82 Å². The quantitative estimate of drug-likeness (QED) is 0.799. The van der Waals surface area contributed by atoms with Gasteiger partial charge in [0.25, 0.3) is 0 Å². The molecule has 1 heterocycles. The van der Waals surface area contributed by atoms with Gasteiger partial charge in [-0.15, -0.1) is 0 Å². The SMILES string of the molecule is Cc1ccc(N=Cc2cc(C)ccc2O)nc1. The van der Waals surface area contributed by atoms with Crippen molar-refractivity contribution in [3.8, 4) is 5.75 Å². The van der Waals surface area contributed by atoms with E-state index >= 15 is 0 Å². The Bertz CT molecular complexity index is 545. The van der Waals surface area contributed by atoms with E-state index in [-0.39, 0.29) is 5.75 Å². The van der Waals surface area contributed by atoms with E-state index < -0.39 is 0 Å². The predicted molar refractivity (Wildman–Crippen MR) is 69.1 cm³/mol. The van der Waals surface area contributed by atoms with Gasteiger partial charge in [0, 0.05) is 18.0 Å². The van der Waals surface area contributed by atoms with E-state index in [4.69, 9.17) is 0 Å². The van der Waals surface area contributed by atoms with Crippen molar-refractivity contribution in [3.05, 3.63) is 53.2 Å². The molecule has 0 saturated heterocycles. The van der Waals surface area contributed by atoms with Crippen LogP contribution in [0.3, 0.4) is 0 Å². The molecule has 0 saturated carbocycles. The van der Waals surface area contributed by atoms with Crippen molar-refractivity contribution in [2.45, 2.75) is 13.8 Å². The normalized spacial score (nSPS) is 10.9. The third-order valence-electron chi connectivity index (χ3n) is 2.41. The molecule has 0 spiro atoms. The molecule has 0 amide bonds. The Labute approximate surface area is 100 Å². The van der Waals surface area contributed by atoms with Crippen LogP contribution in [0.5, 0.6) is 5.75 Å². The Kier molecular flexibility index (Phi) is 3.19. The van der Waals surface area contributed by atoms with Gasteiger partial charge in [0.2, 0.25) is 0 Å². The summed E-state index contributed by atoms with van der Waals surface area (Å²) in [6.45, 7) is 3.95. The Balaban J connectivity index is 2.25. The van der Waals surface area contributed by atoms with Crippen LogP contribution in [0.15, 0.2) is 41.5 Å². The number of pyridine rings is 1. The van der Waals surface area contributed by atoms with Gasteiger partial charge < -0.3 is 5.11 Å². The molecule has 86 valence electrons. The maximum atomic E-state index is 9.65. The molecule has 0 unspecified atom stereocenters. The monoisotopic (exact) mass is 226 g/mol. The number of aliphatic imine (C=N–C) groups is 1. The number of phenols is 1. The summed E-state index contributed by atoms with van der Waals surface area (Å²) >= 11 is 0. The zero-order valence-corrected chi connectivity index (χ0v) is 9.88. The molecule has 0 radical (unpaired) electrons. The maximum Gasteiger partial charge on any atom is 0.151 e. The largest absolute Gasteiger partial charge is 0.507 e. The number of benzene rings is 1. The summed E-state index contributed by atoms with van der Waals surface area (Å²) in [5.41, 5.74) is 2.89. The summed E-state index contributed by atoms with van der Waals surface area (Å²) in [5, 5.41) is 9.65. The fraction of sp³-hybridized carbons (Fsp3) is 0.143. The molecule has 0 fully saturated rings. The summed E-state index contributed by atoms with van der Waals surface area (Å²) in [6.07, 6.45) is 3.39. The van der Waals surface area contributed by atoms with Crippen LogP contribution in [-0.4, -0.2) is 16.3 Å². The minimum atomic E-state index is 0.228. The first-order valence-electron chi connectivity index (χ1n) is 5.41. The molecule has 1 aromatic carbocycles. The summed E-state index contributed by atoms with van der Waals surface area (Å²) in [4.78, 5) is 8.39. The second-order valence-electron chi connectivity index (χ2n) is 4.01. The molecule has 1 N–H and O–H groups in total. The summed E-state index contributed by atoms with van der Waals surface area (Å²) < 4.78 is 0. The van der Waals surface area contributed by atoms with Crippen LogP contribution in [0, 0.1) is 13.8 Å². The smallest absolute Gasteiger partial charge is 0.151 e. The van der Waals surface area contributed by atoms with Gasteiger partial charge in [-0.2, -0.15) is 0 Å². The van der Waals surface area contributed by atoms with Crippen LogP contribution >= 0.6 is 0 Å². The van der Waals surface area contributed by atoms with Gasteiger partial charge in [0.05, 0.1) is 0 Å². The first-order valence-corrected chi connectivity index (χ1v) is 5.41. The van der Waals surface area contributed by atoms with Crippen LogP contribution in [0.4, 0.5) is 5.82 Å². The first-order chi connectivity index (χ1) is 8.15. The minimum Gasteiger partial charge on any atom is -0.507 e. The van der Waals surface area contributed by atoms with Gasteiger partial charge in [-0.25, -0.2) is 9.98 Å². The van der Waals surface area contributed by atoms with Crippen molar-refractivity contribution in [2.75, 3.05) is 0 Å². The zero-order valence-electron chi connectivity index (χ0n) is 9.88. The van der Waals surface area contributed by atoms with Crippen molar-refractivity contribution in [1.82, 2.24) is 4.98 Å². The molecular formula is C14H14N2O. The number of aryl methyl sites for hydroxylation is 2. The number of phenolic OH excluding ortho intramolecular Hbond substituents is 1. The maximum absolute atomic E-state index is 9.65. The standard InChI is InChI=1S/C14H14N2O/c1-10-3-5-13(17)12(7-10)9-16-14-6-4-11(2)8-15-14/h3-9,17H,1-2H3. The average Bonchev–Trinajstić information content (AvgIpc) is 2.32. The van der Waals surface area contributed by atoms with Crippen LogP contribution < -0.4 is 0 Å². The van der Waals surface area contributed by atoms with Gasteiger partial charge in [-0.3, -0.25) is 0 Å². The molecule has 17 heavy (non-hydrogen) atoms. The summed E-state index contributed by atoms with van der Waals surface area (Å²) in [7, 11) is 0. The highest BCUT2D eigenvalue weighted by Gasteiger charge is 1.98. The van der Waals surface area contributed by atoms with E-state index in [1.807, 2.05) is 38.1 Å². The third-order valence-corrected chi connectivity index (χ3v) is 2.41. The number of aromatic hydroxyl groups is 1. The number of nitrogens with zero attached hydrogens (tertiary/aromatic N) is 2. The average molecular weight is 226 g/mol. The number of hydrogen-bond acceptors (Lipinski definition) is 3. The first kappa shape index (κ1) is 11.3. The Hall–Kier alpha value is -2.16. The molecule has 0 aliphatic rings. The van der Waals surface area contributed by atoms with Crippen molar-refractivity contribution in [1.29, 1.82) is 0 Å². The van der Waals surface area contributed by atoms with Gasteiger partial charge in [-0.05, 0) is 37.6 Å². The molecule has 0 aliphatic carbocycles. The van der Waals surface area contributed by atoms with Crippen molar-refractivity contribution < 1.29 is 5.11 Å². The van der Waals surface area contributed by atoms with E-state index in [9.17, 15) is 5.11 Å². The highest BCUT2D eigenvalue weighted by atomic mass is 16.3. The van der Waals surface area contributed by atoms with Crippen LogP contribution in [0.1, 0.15) is 16.7 Å². The number of rotatable bonds is 2. The van der Waals surface area contributed by atoms with Crippen LogP contribution in [-0.2, 0) is 0 Å². The molecule has 2 aromatic rings. The lowest BCUT2D eigenvalue weighted by Gasteiger charge is -2.00. The minimum absolute atomic E-state index is 0.228. The fourth-order valence-corrected chi connectivity index (χ4v) is 1.45. The molecule has 0 atom stereocenters. The van der Waals surface area contributed by atoms with Crippen LogP contribution in [0.25, 0.3) is 0 Å². The predicted octanol–water partition coefficient (Wildman–Crippen LogP) is 3.15. The molecule has 3 nitrogen and oxygen atoms in total. The Morgan fingerprint density at radius 2 is 1.88 bits per heavy atom. The van der Waals surface area contributed by atoms with Crippen molar-refractivity contribution in [2.24, 2.45) is 4.99 Å². The number of hydrogen-bond donors (Lipinski definition) is 1. The van der Waals surface area contributed by atoms with E-state index in [0.717, 1.165) is 11.1 Å².